The smallest absolute Gasteiger partial charge is 0.212 e. The van der Waals surface area contributed by atoms with Crippen LogP contribution in [0.5, 0.6) is 5.88 Å². The third-order valence-corrected chi connectivity index (χ3v) is 3.23. The Balaban J connectivity index is 1.80. The van der Waals surface area contributed by atoms with E-state index in [1.54, 1.807) is 7.11 Å². The van der Waals surface area contributed by atoms with Crippen LogP contribution in [0.2, 0.25) is 0 Å². The first-order chi connectivity index (χ1) is 8.28. The maximum Gasteiger partial charge on any atom is 0.212 e. The lowest BCUT2D eigenvalue weighted by Gasteiger charge is -2.30. The Labute approximate surface area is 103 Å². The van der Waals surface area contributed by atoms with Crippen molar-refractivity contribution in [3.8, 4) is 5.88 Å². The molecular formula is C13H21N3O. The van der Waals surface area contributed by atoms with Gasteiger partial charge in [-0.05, 0) is 32.0 Å². The predicted molar refractivity (Wildman–Crippen MR) is 68.1 cm³/mol. The fourth-order valence-electron chi connectivity index (χ4n) is 2.23. The average Bonchev–Trinajstić information content (AvgIpc) is 2.37. The molecule has 0 radical (unpaired) electrons. The fraction of sp³-hybridized carbons (Fsp3) is 0.615. The van der Waals surface area contributed by atoms with Gasteiger partial charge in [0.15, 0.2) is 0 Å². The molecule has 1 aromatic heterocycles. The Bertz CT molecular complexity index is 339. The van der Waals surface area contributed by atoms with Gasteiger partial charge in [0.1, 0.15) is 0 Å². The molecule has 0 amide bonds. The van der Waals surface area contributed by atoms with E-state index < -0.39 is 0 Å². The second kappa shape index (κ2) is 5.98. The minimum atomic E-state index is 0.607. The van der Waals surface area contributed by atoms with Crippen LogP contribution in [-0.4, -0.2) is 43.2 Å². The molecule has 2 rings (SSSR count). The van der Waals surface area contributed by atoms with Crippen molar-refractivity contribution >= 4 is 0 Å². The van der Waals surface area contributed by atoms with Crippen LogP contribution in [0.4, 0.5) is 0 Å². The van der Waals surface area contributed by atoms with E-state index in [0.717, 1.165) is 13.1 Å². The molecule has 2 heterocycles. The number of likely N-dealkylation sites (N-methyl/N-ethyl adjacent to an activating group) is 1. The molecule has 17 heavy (non-hydrogen) atoms. The molecule has 1 N–H and O–H groups in total. The van der Waals surface area contributed by atoms with E-state index in [4.69, 9.17) is 4.74 Å². The number of rotatable bonds is 4. The molecule has 1 fully saturated rings. The number of nitrogens with one attached hydrogen (secondary N) is 1. The highest BCUT2D eigenvalue weighted by Crippen LogP contribution is 2.10. The van der Waals surface area contributed by atoms with Crippen molar-refractivity contribution in [2.75, 3.05) is 27.2 Å². The first-order valence-electron chi connectivity index (χ1n) is 6.19. The van der Waals surface area contributed by atoms with Gasteiger partial charge in [0, 0.05) is 31.4 Å². The Morgan fingerprint density at radius 3 is 3.06 bits per heavy atom. The van der Waals surface area contributed by atoms with Gasteiger partial charge in [0.25, 0.3) is 0 Å². The molecule has 0 saturated carbocycles. The number of hydrogen-bond acceptors (Lipinski definition) is 4. The van der Waals surface area contributed by atoms with Crippen molar-refractivity contribution in [1.82, 2.24) is 15.2 Å². The Kier molecular flexibility index (Phi) is 4.34. The molecule has 1 saturated heterocycles. The summed E-state index contributed by atoms with van der Waals surface area (Å²) in [5.74, 6) is 0.672. The summed E-state index contributed by atoms with van der Waals surface area (Å²) in [6.45, 7) is 3.25. The molecule has 1 atom stereocenters. The van der Waals surface area contributed by atoms with Crippen molar-refractivity contribution in [2.24, 2.45) is 0 Å². The van der Waals surface area contributed by atoms with Gasteiger partial charge in [-0.2, -0.15) is 0 Å². The molecular weight excluding hydrogens is 214 g/mol. The Morgan fingerprint density at radius 1 is 1.53 bits per heavy atom. The minimum Gasteiger partial charge on any atom is -0.481 e. The largest absolute Gasteiger partial charge is 0.481 e. The van der Waals surface area contributed by atoms with Crippen molar-refractivity contribution in [2.45, 2.75) is 25.4 Å². The molecule has 1 unspecified atom stereocenters. The van der Waals surface area contributed by atoms with Gasteiger partial charge in [-0.25, -0.2) is 4.98 Å². The van der Waals surface area contributed by atoms with Crippen LogP contribution in [0, 0.1) is 0 Å². The molecule has 0 spiro atoms. The zero-order chi connectivity index (χ0) is 12.1. The standard InChI is InChI=1S/C13H21N3O/c1-16-7-3-4-12(10-16)14-8-11-5-6-13(17-2)15-9-11/h5-6,9,12,14H,3-4,7-8,10H2,1-2H3. The summed E-state index contributed by atoms with van der Waals surface area (Å²) in [5.41, 5.74) is 1.21. The van der Waals surface area contributed by atoms with Crippen LogP contribution in [0.25, 0.3) is 0 Å². The first kappa shape index (κ1) is 12.3. The Hall–Kier alpha value is -1.13. The molecule has 1 aliphatic heterocycles. The maximum atomic E-state index is 5.04. The zero-order valence-corrected chi connectivity index (χ0v) is 10.6. The zero-order valence-electron chi connectivity index (χ0n) is 10.6. The van der Waals surface area contributed by atoms with E-state index in [2.05, 4.69) is 28.3 Å². The lowest BCUT2D eigenvalue weighted by molar-refractivity contribution is 0.226. The van der Waals surface area contributed by atoms with Crippen molar-refractivity contribution in [1.29, 1.82) is 0 Å². The van der Waals surface area contributed by atoms with Gasteiger partial charge in [0.2, 0.25) is 5.88 Å². The number of likely N-dealkylation sites (tertiary alicyclic amines) is 1. The summed E-state index contributed by atoms with van der Waals surface area (Å²) in [7, 11) is 3.82. The van der Waals surface area contributed by atoms with Crippen LogP contribution in [0.15, 0.2) is 18.3 Å². The molecule has 0 bridgehead atoms. The van der Waals surface area contributed by atoms with Crippen molar-refractivity contribution in [3.05, 3.63) is 23.9 Å². The van der Waals surface area contributed by atoms with E-state index in [9.17, 15) is 0 Å². The van der Waals surface area contributed by atoms with Crippen molar-refractivity contribution < 1.29 is 4.74 Å². The number of piperidine rings is 1. The summed E-state index contributed by atoms with van der Waals surface area (Å²) in [6.07, 6.45) is 4.43. The summed E-state index contributed by atoms with van der Waals surface area (Å²) < 4.78 is 5.04. The molecule has 0 aliphatic carbocycles. The van der Waals surface area contributed by atoms with E-state index in [0.29, 0.717) is 11.9 Å². The number of hydrogen-bond donors (Lipinski definition) is 1. The second-order valence-electron chi connectivity index (χ2n) is 4.69. The van der Waals surface area contributed by atoms with Crippen LogP contribution >= 0.6 is 0 Å². The first-order valence-corrected chi connectivity index (χ1v) is 6.19. The third kappa shape index (κ3) is 3.68. The van der Waals surface area contributed by atoms with Gasteiger partial charge in [0.05, 0.1) is 7.11 Å². The van der Waals surface area contributed by atoms with E-state index >= 15 is 0 Å². The highest BCUT2D eigenvalue weighted by atomic mass is 16.5. The van der Waals surface area contributed by atoms with Crippen molar-refractivity contribution in [3.63, 3.8) is 0 Å². The molecule has 4 heteroatoms. The fourth-order valence-corrected chi connectivity index (χ4v) is 2.23. The quantitative estimate of drug-likeness (QED) is 0.853. The lowest BCUT2D eigenvalue weighted by atomic mass is 10.1. The van der Waals surface area contributed by atoms with Crippen LogP contribution in [-0.2, 0) is 6.54 Å². The van der Waals surface area contributed by atoms with Crippen LogP contribution < -0.4 is 10.1 Å². The molecule has 1 aliphatic rings. The van der Waals surface area contributed by atoms with Crippen LogP contribution in [0.1, 0.15) is 18.4 Å². The monoisotopic (exact) mass is 235 g/mol. The summed E-state index contributed by atoms with van der Waals surface area (Å²) in [4.78, 5) is 6.59. The molecule has 4 nitrogen and oxygen atoms in total. The van der Waals surface area contributed by atoms with Gasteiger partial charge in [-0.1, -0.05) is 6.07 Å². The highest BCUT2D eigenvalue weighted by molar-refractivity contribution is 5.17. The van der Waals surface area contributed by atoms with E-state index in [-0.39, 0.29) is 0 Å². The minimum absolute atomic E-state index is 0.607. The SMILES string of the molecule is COc1ccc(CNC2CCCN(C)C2)cn1. The molecule has 0 aromatic carbocycles. The Morgan fingerprint density at radius 2 is 2.41 bits per heavy atom. The second-order valence-corrected chi connectivity index (χ2v) is 4.69. The highest BCUT2D eigenvalue weighted by Gasteiger charge is 2.16. The number of methoxy groups -OCH3 is 1. The number of pyridine rings is 1. The predicted octanol–water partition coefficient (Wildman–Crippen LogP) is 1.27. The van der Waals surface area contributed by atoms with Gasteiger partial charge in [-0.3, -0.25) is 0 Å². The van der Waals surface area contributed by atoms with Gasteiger partial charge >= 0.3 is 0 Å². The van der Waals surface area contributed by atoms with Crippen LogP contribution in [0.3, 0.4) is 0 Å². The van der Waals surface area contributed by atoms with E-state index in [1.165, 1.54) is 24.9 Å². The number of nitrogens with zero attached hydrogens (tertiary/aromatic N) is 2. The molecule has 1 aromatic rings. The topological polar surface area (TPSA) is 37.4 Å². The molecule has 94 valence electrons. The lowest BCUT2D eigenvalue weighted by Crippen LogP contribution is -2.43. The number of ether oxygens (including phenoxy) is 1. The normalized spacial score (nSPS) is 21.4. The van der Waals surface area contributed by atoms with E-state index in [1.807, 2.05) is 12.3 Å². The summed E-state index contributed by atoms with van der Waals surface area (Å²) >= 11 is 0. The van der Waals surface area contributed by atoms with Gasteiger partial charge < -0.3 is 15.0 Å². The average molecular weight is 235 g/mol. The third-order valence-electron chi connectivity index (χ3n) is 3.23. The summed E-state index contributed by atoms with van der Waals surface area (Å²) in [6, 6.07) is 4.57. The summed E-state index contributed by atoms with van der Waals surface area (Å²) in [5, 5.41) is 3.58. The van der Waals surface area contributed by atoms with Gasteiger partial charge in [-0.15, -0.1) is 0 Å². The number of aromatic nitrogens is 1. The maximum absolute atomic E-state index is 5.04.